The number of benzene rings is 2. The number of fused-ring (bicyclic) bond motifs is 1. The summed E-state index contributed by atoms with van der Waals surface area (Å²) in [4.78, 5) is 12.0. The summed E-state index contributed by atoms with van der Waals surface area (Å²) in [6.45, 7) is 0. The van der Waals surface area contributed by atoms with Gasteiger partial charge < -0.3 is 5.32 Å². The summed E-state index contributed by atoms with van der Waals surface area (Å²) in [5.41, 5.74) is 2.41. The molecule has 4 nitrogen and oxygen atoms in total. The average Bonchev–Trinajstić information content (AvgIpc) is 2.99. The summed E-state index contributed by atoms with van der Waals surface area (Å²) in [7, 11) is 0. The monoisotopic (exact) mass is 359 g/mol. The van der Waals surface area contributed by atoms with Gasteiger partial charge in [-0.2, -0.15) is 5.10 Å². The van der Waals surface area contributed by atoms with Gasteiger partial charge in [0.25, 0.3) is 0 Å². The summed E-state index contributed by atoms with van der Waals surface area (Å²) >= 11 is 5.93. The molecule has 0 radical (unpaired) electrons. The van der Waals surface area contributed by atoms with Crippen LogP contribution < -0.4 is 5.32 Å². The van der Waals surface area contributed by atoms with E-state index >= 15 is 0 Å². The lowest BCUT2D eigenvalue weighted by Crippen LogP contribution is -2.24. The molecule has 2 N–H and O–H groups in total. The fourth-order valence-corrected chi connectivity index (χ4v) is 3.27. The highest BCUT2D eigenvalue weighted by Gasteiger charge is 2.33. The molecule has 3 aromatic rings. The zero-order valence-corrected chi connectivity index (χ0v) is 13.6. The number of hydrogen-bond donors (Lipinski definition) is 2. The highest BCUT2D eigenvalue weighted by Crippen LogP contribution is 2.42. The maximum atomic E-state index is 14.3. The molecule has 0 saturated heterocycles. The van der Waals surface area contributed by atoms with Gasteiger partial charge in [0.05, 0.1) is 5.69 Å². The van der Waals surface area contributed by atoms with E-state index in [1.54, 1.807) is 12.1 Å². The summed E-state index contributed by atoms with van der Waals surface area (Å²) in [5, 5.41) is 10.3. The van der Waals surface area contributed by atoms with Crippen LogP contribution >= 0.6 is 11.6 Å². The van der Waals surface area contributed by atoms with Gasteiger partial charge in [0.2, 0.25) is 5.91 Å². The standard InChI is InChI=1S/C18H12ClF2N3O/c19-10-3-1-9(2-4-10)17-16-13(8-15(25)22-18(16)24-23-17)12-6-5-11(20)7-14(12)21/h1-7,13H,8H2,(H2,22,23,24,25)/t13-/m1/s1. The molecule has 1 aromatic heterocycles. The Balaban J connectivity index is 1.88. The van der Waals surface area contributed by atoms with E-state index in [2.05, 4.69) is 15.5 Å². The fourth-order valence-electron chi connectivity index (χ4n) is 3.14. The lowest BCUT2D eigenvalue weighted by Gasteiger charge is -2.24. The molecular formula is C18H12ClF2N3O. The molecule has 0 unspecified atom stereocenters. The van der Waals surface area contributed by atoms with Crippen molar-refractivity contribution in [2.24, 2.45) is 0 Å². The van der Waals surface area contributed by atoms with E-state index in [-0.39, 0.29) is 17.9 Å². The van der Waals surface area contributed by atoms with Gasteiger partial charge in [-0.25, -0.2) is 8.78 Å². The van der Waals surface area contributed by atoms with Gasteiger partial charge in [0.15, 0.2) is 5.82 Å². The number of amides is 1. The van der Waals surface area contributed by atoms with Crippen molar-refractivity contribution in [3.63, 3.8) is 0 Å². The van der Waals surface area contributed by atoms with Crippen molar-refractivity contribution in [2.45, 2.75) is 12.3 Å². The first-order valence-corrected chi connectivity index (χ1v) is 7.99. The van der Waals surface area contributed by atoms with Crippen LogP contribution in [0.5, 0.6) is 0 Å². The van der Waals surface area contributed by atoms with Crippen molar-refractivity contribution < 1.29 is 13.6 Å². The number of carbonyl (C=O) groups is 1. The summed E-state index contributed by atoms with van der Waals surface area (Å²) in [6.07, 6.45) is 0.0513. The van der Waals surface area contributed by atoms with Crippen LogP contribution in [0.2, 0.25) is 5.02 Å². The fraction of sp³-hybridized carbons (Fsp3) is 0.111. The van der Waals surface area contributed by atoms with E-state index in [1.807, 2.05) is 12.1 Å². The summed E-state index contributed by atoms with van der Waals surface area (Å²) in [5.74, 6) is -1.82. The van der Waals surface area contributed by atoms with Crippen LogP contribution in [-0.4, -0.2) is 16.1 Å². The molecule has 1 amide bonds. The Bertz CT molecular complexity index is 969. The molecule has 2 aromatic carbocycles. The van der Waals surface area contributed by atoms with Crippen LogP contribution in [0.15, 0.2) is 42.5 Å². The van der Waals surface area contributed by atoms with Crippen molar-refractivity contribution in [3.8, 4) is 11.3 Å². The Hall–Kier alpha value is -2.73. The second-order valence-electron chi connectivity index (χ2n) is 5.84. The zero-order chi connectivity index (χ0) is 17.6. The number of H-pyrrole nitrogens is 1. The highest BCUT2D eigenvalue weighted by atomic mass is 35.5. The van der Waals surface area contributed by atoms with Crippen LogP contribution in [0, 0.1) is 11.6 Å². The molecule has 0 spiro atoms. The van der Waals surface area contributed by atoms with Crippen LogP contribution in [0.4, 0.5) is 14.6 Å². The van der Waals surface area contributed by atoms with Gasteiger partial charge in [-0.3, -0.25) is 9.89 Å². The lowest BCUT2D eigenvalue weighted by molar-refractivity contribution is -0.116. The SMILES string of the molecule is O=C1C[C@H](c2ccc(F)cc2F)c2c(n[nH]c2-c2ccc(Cl)cc2)N1. The van der Waals surface area contributed by atoms with Crippen LogP contribution in [0.1, 0.15) is 23.5 Å². The molecule has 4 rings (SSSR count). The van der Waals surface area contributed by atoms with Crippen LogP contribution in [-0.2, 0) is 4.79 Å². The molecular weight excluding hydrogens is 348 g/mol. The first-order chi connectivity index (χ1) is 12.0. The van der Waals surface area contributed by atoms with Crippen molar-refractivity contribution in [2.75, 3.05) is 5.32 Å². The molecule has 126 valence electrons. The molecule has 25 heavy (non-hydrogen) atoms. The second-order valence-corrected chi connectivity index (χ2v) is 6.27. The minimum absolute atomic E-state index is 0.0513. The van der Waals surface area contributed by atoms with Gasteiger partial charge in [-0.05, 0) is 23.8 Å². The van der Waals surface area contributed by atoms with Crippen molar-refractivity contribution in [1.29, 1.82) is 0 Å². The normalized spacial score (nSPS) is 16.4. The van der Waals surface area contributed by atoms with Gasteiger partial charge in [-0.15, -0.1) is 0 Å². The number of nitrogens with zero attached hydrogens (tertiary/aromatic N) is 1. The molecule has 1 atom stereocenters. The van der Waals surface area contributed by atoms with Crippen LogP contribution in [0.25, 0.3) is 11.3 Å². The number of rotatable bonds is 2. The third-order valence-corrected chi connectivity index (χ3v) is 4.52. The summed E-state index contributed by atoms with van der Waals surface area (Å²) in [6, 6.07) is 10.5. The predicted octanol–water partition coefficient (Wildman–Crippen LogP) is 4.48. The van der Waals surface area contributed by atoms with E-state index in [9.17, 15) is 13.6 Å². The van der Waals surface area contributed by atoms with E-state index in [1.165, 1.54) is 12.1 Å². The molecule has 0 aliphatic carbocycles. The minimum Gasteiger partial charge on any atom is -0.309 e. The molecule has 2 heterocycles. The van der Waals surface area contributed by atoms with Gasteiger partial charge in [-0.1, -0.05) is 29.8 Å². The average molecular weight is 360 g/mol. The third kappa shape index (κ3) is 2.78. The topological polar surface area (TPSA) is 57.8 Å². The van der Waals surface area contributed by atoms with Crippen molar-refractivity contribution in [1.82, 2.24) is 10.2 Å². The zero-order valence-electron chi connectivity index (χ0n) is 12.8. The lowest BCUT2D eigenvalue weighted by atomic mass is 9.84. The highest BCUT2D eigenvalue weighted by molar-refractivity contribution is 6.30. The van der Waals surface area contributed by atoms with E-state index in [0.717, 1.165) is 11.6 Å². The van der Waals surface area contributed by atoms with Gasteiger partial charge in [0, 0.05) is 34.6 Å². The molecule has 1 aliphatic rings. The van der Waals surface area contributed by atoms with Crippen molar-refractivity contribution in [3.05, 3.63) is 70.2 Å². The minimum atomic E-state index is -0.686. The smallest absolute Gasteiger partial charge is 0.226 e. The number of aromatic amines is 1. The molecule has 1 aliphatic heterocycles. The number of anilines is 1. The Labute approximate surface area is 146 Å². The Kier molecular flexibility index (Phi) is 3.77. The molecule has 7 heteroatoms. The van der Waals surface area contributed by atoms with Crippen LogP contribution in [0.3, 0.4) is 0 Å². The third-order valence-electron chi connectivity index (χ3n) is 4.27. The number of aromatic nitrogens is 2. The maximum Gasteiger partial charge on any atom is 0.226 e. The number of hydrogen-bond acceptors (Lipinski definition) is 2. The number of halogens is 3. The first kappa shape index (κ1) is 15.8. The molecule has 0 saturated carbocycles. The second kappa shape index (κ2) is 5.97. The largest absolute Gasteiger partial charge is 0.309 e. The quantitative estimate of drug-likeness (QED) is 0.708. The van der Waals surface area contributed by atoms with E-state index < -0.39 is 17.6 Å². The van der Waals surface area contributed by atoms with Gasteiger partial charge in [0.1, 0.15) is 11.6 Å². The number of nitrogens with one attached hydrogen (secondary N) is 2. The maximum absolute atomic E-state index is 14.3. The Morgan fingerprint density at radius 3 is 2.60 bits per heavy atom. The Morgan fingerprint density at radius 1 is 1.12 bits per heavy atom. The first-order valence-electron chi connectivity index (χ1n) is 7.62. The summed E-state index contributed by atoms with van der Waals surface area (Å²) < 4.78 is 27.6. The molecule has 0 fully saturated rings. The van der Waals surface area contributed by atoms with E-state index in [0.29, 0.717) is 22.1 Å². The number of carbonyl (C=O) groups excluding carboxylic acids is 1. The Morgan fingerprint density at radius 2 is 1.88 bits per heavy atom. The van der Waals surface area contributed by atoms with Gasteiger partial charge >= 0.3 is 0 Å². The molecule has 0 bridgehead atoms. The van der Waals surface area contributed by atoms with E-state index in [4.69, 9.17) is 11.6 Å². The predicted molar refractivity (Wildman–Crippen MR) is 90.5 cm³/mol. The van der Waals surface area contributed by atoms with Crippen molar-refractivity contribution >= 4 is 23.3 Å².